The van der Waals surface area contributed by atoms with Crippen LogP contribution in [-0.4, -0.2) is 29.7 Å². The zero-order valence-corrected chi connectivity index (χ0v) is 14.2. The molecule has 2 unspecified atom stereocenters. The van der Waals surface area contributed by atoms with Crippen LogP contribution in [0.1, 0.15) is 66.7 Å². The molecule has 2 atom stereocenters. The van der Waals surface area contributed by atoms with E-state index in [2.05, 4.69) is 24.5 Å². The number of carboxylic acid groups (broad SMARTS) is 1. The molecule has 124 valence electrons. The van der Waals surface area contributed by atoms with E-state index in [1.807, 2.05) is 20.8 Å². The maximum atomic E-state index is 12.0. The van der Waals surface area contributed by atoms with Crippen LogP contribution >= 0.6 is 0 Å². The molecule has 0 bridgehead atoms. The maximum absolute atomic E-state index is 12.0. The van der Waals surface area contributed by atoms with Crippen LogP contribution in [0.25, 0.3) is 0 Å². The molecule has 0 heterocycles. The van der Waals surface area contributed by atoms with Crippen LogP contribution in [0.4, 0.5) is 4.79 Å². The summed E-state index contributed by atoms with van der Waals surface area (Å²) in [5.74, 6) is -0.409. The molecule has 0 aliphatic rings. The summed E-state index contributed by atoms with van der Waals surface area (Å²) in [6, 6.07) is -0.656. The Labute approximate surface area is 128 Å². The van der Waals surface area contributed by atoms with Crippen LogP contribution in [0.15, 0.2) is 0 Å². The number of nitrogens with one attached hydrogen (secondary N) is 2. The molecule has 5 heteroatoms. The molecule has 0 rings (SSSR count). The molecule has 3 N–H and O–H groups in total. The van der Waals surface area contributed by atoms with Gasteiger partial charge in [0.05, 0.1) is 6.42 Å². The van der Waals surface area contributed by atoms with E-state index in [-0.39, 0.29) is 23.9 Å². The molecular weight excluding hydrogens is 268 g/mol. The van der Waals surface area contributed by atoms with Crippen molar-refractivity contribution in [2.75, 3.05) is 6.54 Å². The number of unbranched alkanes of at least 4 members (excludes halogenated alkanes) is 1. The van der Waals surface area contributed by atoms with Crippen LogP contribution in [0.2, 0.25) is 0 Å². The normalized spacial score (nSPS) is 14.3. The van der Waals surface area contributed by atoms with Crippen LogP contribution in [0, 0.1) is 11.3 Å². The number of hydrogen-bond acceptors (Lipinski definition) is 2. The average Bonchev–Trinajstić information content (AvgIpc) is 2.36. The molecule has 0 aliphatic heterocycles. The molecule has 0 aromatic rings. The van der Waals surface area contributed by atoms with Crippen molar-refractivity contribution in [3.8, 4) is 0 Å². The number of amides is 2. The van der Waals surface area contributed by atoms with E-state index in [1.54, 1.807) is 0 Å². The molecule has 5 nitrogen and oxygen atoms in total. The predicted molar refractivity (Wildman–Crippen MR) is 85.3 cm³/mol. The summed E-state index contributed by atoms with van der Waals surface area (Å²) < 4.78 is 0. The third-order valence-corrected chi connectivity index (χ3v) is 3.82. The van der Waals surface area contributed by atoms with Gasteiger partial charge in [-0.2, -0.15) is 0 Å². The molecule has 0 saturated heterocycles. The first-order chi connectivity index (χ1) is 9.70. The molecule has 2 amide bonds. The lowest BCUT2D eigenvalue weighted by Crippen LogP contribution is -2.49. The Hall–Kier alpha value is -1.26. The van der Waals surface area contributed by atoms with E-state index < -0.39 is 5.97 Å². The first kappa shape index (κ1) is 19.7. The quantitative estimate of drug-likeness (QED) is 0.610. The number of aliphatic carboxylic acids is 1. The topological polar surface area (TPSA) is 78.4 Å². The monoisotopic (exact) mass is 300 g/mol. The fraction of sp³-hybridized carbons (Fsp3) is 0.875. The van der Waals surface area contributed by atoms with Crippen LogP contribution in [0.3, 0.4) is 0 Å². The van der Waals surface area contributed by atoms with E-state index >= 15 is 0 Å². The molecule has 0 fully saturated rings. The van der Waals surface area contributed by atoms with Crippen molar-refractivity contribution in [3.63, 3.8) is 0 Å². The predicted octanol–water partition coefficient (Wildman–Crippen LogP) is 3.39. The van der Waals surface area contributed by atoms with Gasteiger partial charge in [0.15, 0.2) is 0 Å². The molecule has 0 aliphatic carbocycles. The SMILES string of the molecule is CCCCC(CC)CNC(=O)NC(CC(=O)O)C(C)(C)C. The molecule has 0 aromatic carbocycles. The zero-order chi connectivity index (χ0) is 16.5. The van der Waals surface area contributed by atoms with Crippen molar-refractivity contribution in [1.29, 1.82) is 0 Å². The summed E-state index contributed by atoms with van der Waals surface area (Å²) in [5, 5.41) is 14.6. The van der Waals surface area contributed by atoms with Crippen molar-refractivity contribution in [2.45, 2.75) is 72.8 Å². The standard InChI is InChI=1S/C16H32N2O3/c1-6-8-9-12(7-2)11-17-15(21)18-13(10-14(19)20)16(3,4)5/h12-13H,6-11H2,1-5H3,(H,19,20)(H2,17,18,21). The minimum absolute atomic E-state index is 0.0655. The van der Waals surface area contributed by atoms with Gasteiger partial charge in [0.2, 0.25) is 0 Å². The summed E-state index contributed by atoms with van der Waals surface area (Å²) in [5.41, 5.74) is -0.290. The highest BCUT2D eigenvalue weighted by Crippen LogP contribution is 2.21. The minimum Gasteiger partial charge on any atom is -0.481 e. The second kappa shape index (κ2) is 9.64. The molecule has 0 radical (unpaired) electrons. The molecule has 0 aromatic heterocycles. The summed E-state index contributed by atoms with van der Waals surface area (Å²) in [7, 11) is 0. The Bertz CT molecular complexity index is 324. The van der Waals surface area contributed by atoms with Crippen LogP contribution in [0.5, 0.6) is 0 Å². The van der Waals surface area contributed by atoms with Gasteiger partial charge in [-0.25, -0.2) is 4.79 Å². The van der Waals surface area contributed by atoms with E-state index in [0.717, 1.165) is 19.3 Å². The summed E-state index contributed by atoms with van der Waals surface area (Å²) >= 11 is 0. The van der Waals surface area contributed by atoms with Crippen LogP contribution in [-0.2, 0) is 4.79 Å². The lowest BCUT2D eigenvalue weighted by atomic mass is 9.85. The Morgan fingerprint density at radius 2 is 1.81 bits per heavy atom. The van der Waals surface area contributed by atoms with Gasteiger partial charge in [-0.3, -0.25) is 4.79 Å². The summed E-state index contributed by atoms with van der Waals surface area (Å²) in [4.78, 5) is 22.9. The second-order valence-corrected chi connectivity index (χ2v) is 6.79. The Morgan fingerprint density at radius 1 is 1.19 bits per heavy atom. The molecule has 0 spiro atoms. The van der Waals surface area contributed by atoms with Crippen molar-refractivity contribution in [3.05, 3.63) is 0 Å². The van der Waals surface area contributed by atoms with E-state index in [1.165, 1.54) is 6.42 Å². The van der Waals surface area contributed by atoms with Gasteiger partial charge in [-0.1, -0.05) is 53.9 Å². The van der Waals surface area contributed by atoms with E-state index in [9.17, 15) is 9.59 Å². The van der Waals surface area contributed by atoms with Crippen molar-refractivity contribution in [1.82, 2.24) is 10.6 Å². The Kier molecular flexibility index (Phi) is 9.06. The van der Waals surface area contributed by atoms with Gasteiger partial charge in [-0.05, 0) is 17.8 Å². The third kappa shape index (κ3) is 9.32. The lowest BCUT2D eigenvalue weighted by molar-refractivity contribution is -0.138. The van der Waals surface area contributed by atoms with Gasteiger partial charge < -0.3 is 15.7 Å². The number of hydrogen-bond donors (Lipinski definition) is 3. The van der Waals surface area contributed by atoms with Crippen LogP contribution < -0.4 is 10.6 Å². The fourth-order valence-electron chi connectivity index (χ4n) is 2.14. The van der Waals surface area contributed by atoms with Crippen molar-refractivity contribution >= 4 is 12.0 Å². The first-order valence-corrected chi connectivity index (χ1v) is 7.96. The first-order valence-electron chi connectivity index (χ1n) is 7.96. The number of urea groups is 1. The summed E-state index contributed by atoms with van der Waals surface area (Å²) in [6.07, 6.45) is 4.42. The highest BCUT2D eigenvalue weighted by Gasteiger charge is 2.28. The molecule has 21 heavy (non-hydrogen) atoms. The number of carboxylic acids is 1. The Balaban J connectivity index is 4.33. The minimum atomic E-state index is -0.899. The summed E-state index contributed by atoms with van der Waals surface area (Å²) in [6.45, 7) is 10.7. The largest absolute Gasteiger partial charge is 0.481 e. The van der Waals surface area contributed by atoms with E-state index in [0.29, 0.717) is 12.5 Å². The number of carbonyl (C=O) groups is 2. The lowest BCUT2D eigenvalue weighted by Gasteiger charge is -2.30. The third-order valence-electron chi connectivity index (χ3n) is 3.82. The van der Waals surface area contributed by atoms with Gasteiger partial charge in [-0.15, -0.1) is 0 Å². The smallest absolute Gasteiger partial charge is 0.315 e. The fourth-order valence-corrected chi connectivity index (χ4v) is 2.14. The maximum Gasteiger partial charge on any atom is 0.315 e. The van der Waals surface area contributed by atoms with Crippen molar-refractivity contribution in [2.24, 2.45) is 11.3 Å². The highest BCUT2D eigenvalue weighted by molar-refractivity contribution is 5.75. The van der Waals surface area contributed by atoms with Gasteiger partial charge in [0.25, 0.3) is 0 Å². The average molecular weight is 300 g/mol. The number of carbonyl (C=O) groups excluding carboxylic acids is 1. The van der Waals surface area contributed by atoms with Gasteiger partial charge >= 0.3 is 12.0 Å². The molecule has 0 saturated carbocycles. The number of rotatable bonds is 9. The Morgan fingerprint density at radius 3 is 2.24 bits per heavy atom. The van der Waals surface area contributed by atoms with Gasteiger partial charge in [0.1, 0.15) is 0 Å². The van der Waals surface area contributed by atoms with Crippen molar-refractivity contribution < 1.29 is 14.7 Å². The second-order valence-electron chi connectivity index (χ2n) is 6.79. The zero-order valence-electron chi connectivity index (χ0n) is 14.2. The van der Waals surface area contributed by atoms with Gasteiger partial charge in [0, 0.05) is 12.6 Å². The molecular formula is C16H32N2O3. The highest BCUT2D eigenvalue weighted by atomic mass is 16.4. The van der Waals surface area contributed by atoms with E-state index in [4.69, 9.17) is 5.11 Å².